The highest BCUT2D eigenvalue weighted by molar-refractivity contribution is 9.09. The third-order valence-electron chi connectivity index (χ3n) is 0.722. The molecule has 10 heavy (non-hydrogen) atoms. The van der Waals surface area contributed by atoms with Crippen LogP contribution in [0.2, 0.25) is 0 Å². The topological polar surface area (TPSA) is 46.5 Å². The number of hydrogen-bond donors (Lipinski definition) is 1. The fraction of sp³-hybridized carbons (Fsp3) is 0.500. The monoisotopic (exact) mass is 208 g/mol. The van der Waals surface area contributed by atoms with Crippen LogP contribution in [0.4, 0.5) is 0 Å². The van der Waals surface area contributed by atoms with Crippen molar-refractivity contribution < 1.29 is 14.6 Å². The fourth-order valence-electron chi connectivity index (χ4n) is 0.322. The van der Waals surface area contributed by atoms with E-state index >= 15 is 0 Å². The van der Waals surface area contributed by atoms with Crippen LogP contribution in [0.15, 0.2) is 12.2 Å². The minimum absolute atomic E-state index is 0.0220. The summed E-state index contributed by atoms with van der Waals surface area (Å²) in [4.78, 5) is 10.4. The van der Waals surface area contributed by atoms with Crippen molar-refractivity contribution in [1.29, 1.82) is 0 Å². The third-order valence-corrected chi connectivity index (χ3v) is 1.18. The molecule has 0 heterocycles. The highest BCUT2D eigenvalue weighted by Gasteiger charge is 1.94. The molecule has 0 aliphatic carbocycles. The SMILES string of the molecule is O=C(CBr)OC/C=C\CO. The summed E-state index contributed by atoms with van der Waals surface area (Å²) in [6.45, 7) is 0.205. The molecule has 58 valence electrons. The van der Waals surface area contributed by atoms with Gasteiger partial charge in [-0.25, -0.2) is 0 Å². The molecule has 0 aromatic carbocycles. The first-order valence-electron chi connectivity index (χ1n) is 2.78. The van der Waals surface area contributed by atoms with Crippen molar-refractivity contribution in [1.82, 2.24) is 0 Å². The van der Waals surface area contributed by atoms with Crippen molar-refractivity contribution in [2.75, 3.05) is 18.5 Å². The van der Waals surface area contributed by atoms with E-state index < -0.39 is 0 Å². The first kappa shape index (κ1) is 9.65. The molecule has 0 aliphatic heterocycles. The van der Waals surface area contributed by atoms with Crippen LogP contribution < -0.4 is 0 Å². The van der Waals surface area contributed by atoms with E-state index in [9.17, 15) is 4.79 Å². The molecular formula is C6H9BrO3. The Kier molecular flexibility index (Phi) is 6.53. The van der Waals surface area contributed by atoms with E-state index in [4.69, 9.17) is 5.11 Å². The van der Waals surface area contributed by atoms with Gasteiger partial charge in [-0.2, -0.15) is 0 Å². The van der Waals surface area contributed by atoms with Gasteiger partial charge in [0.15, 0.2) is 0 Å². The van der Waals surface area contributed by atoms with Crippen molar-refractivity contribution >= 4 is 21.9 Å². The molecule has 0 amide bonds. The molecule has 0 atom stereocenters. The second-order valence-corrected chi connectivity index (χ2v) is 2.03. The maximum absolute atomic E-state index is 10.4. The quantitative estimate of drug-likeness (QED) is 0.416. The van der Waals surface area contributed by atoms with E-state index in [2.05, 4.69) is 20.7 Å². The molecule has 0 saturated carbocycles. The Morgan fingerprint density at radius 3 is 2.80 bits per heavy atom. The Labute approximate surface area is 67.8 Å². The number of aliphatic hydroxyl groups excluding tert-OH is 1. The van der Waals surface area contributed by atoms with Crippen LogP contribution in [0.5, 0.6) is 0 Å². The molecule has 0 rings (SSSR count). The maximum Gasteiger partial charge on any atom is 0.316 e. The Bertz CT molecular complexity index is 122. The van der Waals surface area contributed by atoms with Gasteiger partial charge in [-0.1, -0.05) is 22.0 Å². The molecule has 0 aromatic heterocycles. The van der Waals surface area contributed by atoms with Gasteiger partial charge in [0.1, 0.15) is 11.9 Å². The van der Waals surface area contributed by atoms with E-state index in [1.165, 1.54) is 6.08 Å². The van der Waals surface area contributed by atoms with E-state index in [1.807, 2.05) is 0 Å². The smallest absolute Gasteiger partial charge is 0.316 e. The lowest BCUT2D eigenvalue weighted by atomic mass is 10.5. The van der Waals surface area contributed by atoms with Crippen molar-refractivity contribution in [3.8, 4) is 0 Å². The second kappa shape index (κ2) is 6.77. The Balaban J connectivity index is 3.19. The minimum Gasteiger partial charge on any atom is -0.461 e. The standard InChI is InChI=1S/C6H9BrO3/c7-5-6(9)10-4-2-1-3-8/h1-2,8H,3-5H2/b2-1-. The van der Waals surface area contributed by atoms with Gasteiger partial charge in [-0.05, 0) is 6.08 Å². The van der Waals surface area contributed by atoms with Crippen LogP contribution in [0.3, 0.4) is 0 Å². The van der Waals surface area contributed by atoms with Gasteiger partial charge < -0.3 is 9.84 Å². The molecule has 0 aliphatic rings. The normalized spacial score (nSPS) is 10.2. The second-order valence-electron chi connectivity index (χ2n) is 1.47. The zero-order valence-corrected chi connectivity index (χ0v) is 7.00. The summed E-state index contributed by atoms with van der Waals surface area (Å²) < 4.78 is 4.61. The summed E-state index contributed by atoms with van der Waals surface area (Å²) in [6, 6.07) is 0. The van der Waals surface area contributed by atoms with E-state index in [0.29, 0.717) is 0 Å². The van der Waals surface area contributed by atoms with Gasteiger partial charge in [0.2, 0.25) is 0 Å². The predicted molar refractivity (Wildman–Crippen MR) is 41.0 cm³/mol. The van der Waals surface area contributed by atoms with E-state index in [1.54, 1.807) is 6.08 Å². The summed E-state index contributed by atoms with van der Waals surface area (Å²) in [5.74, 6) is -0.303. The number of aliphatic hydroxyl groups is 1. The van der Waals surface area contributed by atoms with Crippen molar-refractivity contribution in [2.45, 2.75) is 0 Å². The van der Waals surface area contributed by atoms with Crippen molar-refractivity contribution in [3.63, 3.8) is 0 Å². The molecule has 0 radical (unpaired) electrons. The number of ether oxygens (including phenoxy) is 1. The Hall–Kier alpha value is -0.350. The van der Waals surface area contributed by atoms with Crippen LogP contribution in [-0.2, 0) is 9.53 Å². The zero-order chi connectivity index (χ0) is 7.82. The lowest BCUT2D eigenvalue weighted by Crippen LogP contribution is -2.04. The summed E-state index contributed by atoms with van der Waals surface area (Å²) in [5.41, 5.74) is 0. The number of rotatable bonds is 4. The predicted octanol–water partition coefficient (Wildman–Crippen LogP) is 0.473. The average molecular weight is 209 g/mol. The fourth-order valence-corrected chi connectivity index (χ4v) is 0.484. The number of alkyl halides is 1. The van der Waals surface area contributed by atoms with Crippen LogP contribution in [0.1, 0.15) is 0 Å². The van der Waals surface area contributed by atoms with Gasteiger partial charge in [0.05, 0.1) is 6.61 Å². The lowest BCUT2D eigenvalue weighted by molar-refractivity contribution is -0.139. The largest absolute Gasteiger partial charge is 0.461 e. The Morgan fingerprint density at radius 1 is 1.60 bits per heavy atom. The van der Waals surface area contributed by atoms with Crippen LogP contribution in [0, 0.1) is 0 Å². The van der Waals surface area contributed by atoms with E-state index in [-0.39, 0.29) is 24.5 Å². The molecule has 0 aromatic rings. The highest BCUT2D eigenvalue weighted by Crippen LogP contribution is 1.85. The molecule has 3 nitrogen and oxygen atoms in total. The van der Waals surface area contributed by atoms with Gasteiger partial charge in [0.25, 0.3) is 0 Å². The molecule has 0 spiro atoms. The minimum atomic E-state index is -0.303. The van der Waals surface area contributed by atoms with Gasteiger partial charge in [0, 0.05) is 0 Å². The number of carbonyl (C=O) groups is 1. The highest BCUT2D eigenvalue weighted by atomic mass is 79.9. The molecule has 0 bridgehead atoms. The van der Waals surface area contributed by atoms with Crippen LogP contribution >= 0.6 is 15.9 Å². The summed E-state index contributed by atoms with van der Waals surface area (Å²) in [5, 5.41) is 8.46. The summed E-state index contributed by atoms with van der Waals surface area (Å²) in [6.07, 6.45) is 3.10. The number of esters is 1. The molecule has 0 fully saturated rings. The van der Waals surface area contributed by atoms with Crippen LogP contribution in [0.25, 0.3) is 0 Å². The number of carbonyl (C=O) groups excluding carboxylic acids is 1. The lowest BCUT2D eigenvalue weighted by Gasteiger charge is -1.95. The van der Waals surface area contributed by atoms with Crippen LogP contribution in [-0.4, -0.2) is 29.6 Å². The number of hydrogen-bond acceptors (Lipinski definition) is 3. The summed E-state index contributed by atoms with van der Waals surface area (Å²) >= 11 is 2.94. The third kappa shape index (κ3) is 5.78. The van der Waals surface area contributed by atoms with E-state index in [0.717, 1.165) is 0 Å². The van der Waals surface area contributed by atoms with Crippen molar-refractivity contribution in [2.24, 2.45) is 0 Å². The first-order valence-corrected chi connectivity index (χ1v) is 3.91. The van der Waals surface area contributed by atoms with Crippen molar-refractivity contribution in [3.05, 3.63) is 12.2 Å². The van der Waals surface area contributed by atoms with Gasteiger partial charge in [-0.15, -0.1) is 0 Å². The van der Waals surface area contributed by atoms with Gasteiger partial charge in [-0.3, -0.25) is 4.79 Å². The Morgan fingerprint density at radius 2 is 2.30 bits per heavy atom. The molecule has 1 N–H and O–H groups in total. The molecule has 0 unspecified atom stereocenters. The van der Waals surface area contributed by atoms with Gasteiger partial charge >= 0.3 is 5.97 Å². The molecule has 4 heteroatoms. The summed E-state index contributed by atoms with van der Waals surface area (Å²) in [7, 11) is 0. The maximum atomic E-state index is 10.4. The zero-order valence-electron chi connectivity index (χ0n) is 5.42. The molecular weight excluding hydrogens is 200 g/mol. The average Bonchev–Trinajstić information content (AvgIpc) is 1.98. The first-order chi connectivity index (χ1) is 4.81. The number of halogens is 1. The molecule has 0 saturated heterocycles.